The van der Waals surface area contributed by atoms with E-state index in [1.807, 2.05) is 0 Å². The van der Waals surface area contributed by atoms with Gasteiger partial charge >= 0.3 is 0 Å². The van der Waals surface area contributed by atoms with Gasteiger partial charge in [-0.3, -0.25) is 4.79 Å². The monoisotopic (exact) mass is 286 g/mol. The zero-order valence-corrected chi connectivity index (χ0v) is 13.9. The second-order valence-corrected chi connectivity index (χ2v) is 10.2. The number of ketones is 1. The SMILES string of the molecule is CC1C2CC(C(C34CC5CC(CC(C5)C3)C4)C2=O)C1(C)C. The van der Waals surface area contributed by atoms with Gasteiger partial charge in [-0.2, -0.15) is 0 Å². The molecule has 6 rings (SSSR count). The average Bonchev–Trinajstić information content (AvgIpc) is 2.84. The topological polar surface area (TPSA) is 17.1 Å². The van der Waals surface area contributed by atoms with Crippen molar-refractivity contribution in [2.75, 3.05) is 0 Å². The van der Waals surface area contributed by atoms with Crippen LogP contribution < -0.4 is 0 Å². The first-order valence-electron chi connectivity index (χ1n) is 9.44. The first-order chi connectivity index (χ1) is 9.91. The first kappa shape index (κ1) is 13.1. The first-order valence-corrected chi connectivity index (χ1v) is 9.44. The maximum absolute atomic E-state index is 13.2. The molecule has 0 N–H and O–H groups in total. The molecule has 1 heteroatoms. The highest BCUT2D eigenvalue weighted by atomic mass is 16.1. The van der Waals surface area contributed by atoms with Crippen LogP contribution in [0.5, 0.6) is 0 Å². The van der Waals surface area contributed by atoms with Crippen molar-refractivity contribution in [1.29, 1.82) is 0 Å². The molecule has 0 heterocycles. The van der Waals surface area contributed by atoms with Gasteiger partial charge in [0.25, 0.3) is 0 Å². The molecule has 4 unspecified atom stereocenters. The van der Waals surface area contributed by atoms with Crippen LogP contribution >= 0.6 is 0 Å². The molecule has 1 nitrogen and oxygen atoms in total. The van der Waals surface area contributed by atoms with E-state index in [1.54, 1.807) is 0 Å². The zero-order valence-electron chi connectivity index (χ0n) is 13.9. The number of rotatable bonds is 1. The van der Waals surface area contributed by atoms with Crippen molar-refractivity contribution in [3.8, 4) is 0 Å². The van der Waals surface area contributed by atoms with Crippen molar-refractivity contribution in [2.45, 2.75) is 65.7 Å². The fourth-order valence-corrected chi connectivity index (χ4v) is 8.28. The van der Waals surface area contributed by atoms with Crippen LogP contribution in [-0.4, -0.2) is 5.78 Å². The molecule has 0 amide bonds. The van der Waals surface area contributed by atoms with E-state index >= 15 is 0 Å². The summed E-state index contributed by atoms with van der Waals surface area (Å²) in [5.41, 5.74) is 0.842. The van der Waals surface area contributed by atoms with Gasteiger partial charge in [0.05, 0.1) is 0 Å². The number of carbonyl (C=O) groups is 1. The molecule has 0 spiro atoms. The zero-order chi connectivity index (χ0) is 14.6. The molecular formula is C20H30O. The van der Waals surface area contributed by atoms with Crippen LogP contribution in [0.25, 0.3) is 0 Å². The van der Waals surface area contributed by atoms with Gasteiger partial charge in [-0.1, -0.05) is 20.8 Å². The predicted molar refractivity (Wildman–Crippen MR) is 83.6 cm³/mol. The second kappa shape index (κ2) is 3.77. The molecule has 0 radical (unpaired) electrons. The molecule has 21 heavy (non-hydrogen) atoms. The summed E-state index contributed by atoms with van der Waals surface area (Å²) in [7, 11) is 0. The van der Waals surface area contributed by atoms with Crippen LogP contribution in [0.15, 0.2) is 0 Å². The van der Waals surface area contributed by atoms with Crippen LogP contribution in [0.4, 0.5) is 0 Å². The second-order valence-electron chi connectivity index (χ2n) is 10.2. The molecule has 0 aliphatic heterocycles. The smallest absolute Gasteiger partial charge is 0.140 e. The molecule has 6 saturated carbocycles. The van der Waals surface area contributed by atoms with Crippen LogP contribution in [-0.2, 0) is 4.79 Å². The molecule has 0 aromatic rings. The molecule has 6 bridgehead atoms. The largest absolute Gasteiger partial charge is 0.299 e. The van der Waals surface area contributed by atoms with Crippen LogP contribution in [0.1, 0.15) is 65.7 Å². The molecule has 0 saturated heterocycles. The van der Waals surface area contributed by atoms with Gasteiger partial charge < -0.3 is 0 Å². The van der Waals surface area contributed by atoms with Crippen molar-refractivity contribution in [2.24, 2.45) is 52.3 Å². The van der Waals surface area contributed by atoms with Crippen molar-refractivity contribution in [1.82, 2.24) is 0 Å². The Morgan fingerprint density at radius 2 is 1.43 bits per heavy atom. The van der Waals surface area contributed by atoms with Crippen molar-refractivity contribution in [3.63, 3.8) is 0 Å². The highest BCUT2D eigenvalue weighted by molar-refractivity contribution is 5.88. The normalized spacial score (nSPS) is 60.0. The van der Waals surface area contributed by atoms with E-state index in [1.165, 1.54) is 44.9 Å². The van der Waals surface area contributed by atoms with Gasteiger partial charge in [0.1, 0.15) is 5.78 Å². The Hall–Kier alpha value is -0.330. The van der Waals surface area contributed by atoms with Crippen LogP contribution in [0.2, 0.25) is 0 Å². The van der Waals surface area contributed by atoms with E-state index in [0.29, 0.717) is 40.3 Å². The Kier molecular flexibility index (Phi) is 2.36. The summed E-state index contributed by atoms with van der Waals surface area (Å²) in [5, 5.41) is 0. The van der Waals surface area contributed by atoms with E-state index in [9.17, 15) is 4.79 Å². The number of hydrogen-bond donors (Lipinski definition) is 0. The summed E-state index contributed by atoms with van der Waals surface area (Å²) < 4.78 is 0. The third-order valence-corrected chi connectivity index (χ3v) is 9.06. The van der Waals surface area contributed by atoms with Gasteiger partial charge in [0.15, 0.2) is 0 Å². The molecular weight excluding hydrogens is 256 g/mol. The Labute approximate surface area is 129 Å². The Bertz CT molecular complexity index is 467. The summed E-state index contributed by atoms with van der Waals surface area (Å²) in [6, 6.07) is 0. The van der Waals surface area contributed by atoms with Crippen molar-refractivity contribution < 1.29 is 4.79 Å². The van der Waals surface area contributed by atoms with E-state index in [4.69, 9.17) is 0 Å². The van der Waals surface area contributed by atoms with Gasteiger partial charge in [-0.15, -0.1) is 0 Å². The highest BCUT2D eigenvalue weighted by Gasteiger charge is 2.67. The average molecular weight is 286 g/mol. The molecule has 6 fully saturated rings. The fraction of sp³-hybridized carbons (Fsp3) is 0.950. The van der Waals surface area contributed by atoms with Gasteiger partial charge in [0, 0.05) is 11.8 Å². The highest BCUT2D eigenvalue weighted by Crippen LogP contribution is 2.70. The molecule has 4 atom stereocenters. The lowest BCUT2D eigenvalue weighted by atomic mass is 9.43. The lowest BCUT2D eigenvalue weighted by molar-refractivity contribution is -0.153. The maximum Gasteiger partial charge on any atom is 0.140 e. The summed E-state index contributed by atoms with van der Waals surface area (Å²) in [4.78, 5) is 13.2. The van der Waals surface area contributed by atoms with E-state index < -0.39 is 0 Å². The van der Waals surface area contributed by atoms with Gasteiger partial charge in [-0.25, -0.2) is 0 Å². The lowest BCUT2D eigenvalue weighted by Crippen LogP contribution is -2.55. The minimum atomic E-state index is 0.395. The summed E-state index contributed by atoms with van der Waals surface area (Å²) in [6.45, 7) is 7.27. The minimum absolute atomic E-state index is 0.395. The third-order valence-electron chi connectivity index (χ3n) is 9.06. The van der Waals surface area contributed by atoms with Gasteiger partial charge in [-0.05, 0) is 85.4 Å². The maximum atomic E-state index is 13.2. The molecule has 0 aromatic carbocycles. The number of Topliss-reactive ketones (excluding diaryl/α,β-unsaturated/α-hetero) is 1. The third kappa shape index (κ3) is 1.47. The Morgan fingerprint density at radius 3 is 1.90 bits per heavy atom. The van der Waals surface area contributed by atoms with Crippen molar-refractivity contribution in [3.05, 3.63) is 0 Å². The molecule has 6 aliphatic carbocycles. The molecule has 0 aromatic heterocycles. The van der Waals surface area contributed by atoms with Crippen LogP contribution in [0, 0.1) is 52.3 Å². The van der Waals surface area contributed by atoms with Gasteiger partial charge in [0.2, 0.25) is 0 Å². The number of fused-ring (bicyclic) bond motifs is 2. The standard InChI is InChI=1S/C20H30O/c1-11-15-7-16(19(11,2)3)17(18(15)21)20-8-12-4-13(9-20)6-14(5-12)10-20/h11-17H,4-10H2,1-3H3. The Balaban J connectivity index is 1.55. The summed E-state index contributed by atoms with van der Waals surface area (Å²) in [6.07, 6.45) is 9.92. The Morgan fingerprint density at radius 1 is 0.905 bits per heavy atom. The summed E-state index contributed by atoms with van der Waals surface area (Å²) >= 11 is 0. The van der Waals surface area contributed by atoms with E-state index in [-0.39, 0.29) is 0 Å². The number of hydrogen-bond acceptors (Lipinski definition) is 1. The predicted octanol–water partition coefficient (Wildman–Crippen LogP) is 4.70. The molecule has 6 aliphatic rings. The van der Waals surface area contributed by atoms with E-state index in [0.717, 1.165) is 17.8 Å². The quantitative estimate of drug-likeness (QED) is 0.683. The summed E-state index contributed by atoms with van der Waals surface area (Å²) in [5.74, 6) is 5.79. The van der Waals surface area contributed by atoms with Crippen molar-refractivity contribution >= 4 is 5.78 Å². The van der Waals surface area contributed by atoms with Crippen LogP contribution in [0.3, 0.4) is 0 Å². The molecule has 116 valence electrons. The number of carbonyl (C=O) groups excluding carboxylic acids is 1. The van der Waals surface area contributed by atoms with E-state index in [2.05, 4.69) is 20.8 Å². The fourth-order valence-electron chi connectivity index (χ4n) is 8.28. The lowest BCUT2D eigenvalue weighted by Gasteiger charge is -2.61. The minimum Gasteiger partial charge on any atom is -0.299 e.